The molecule has 10 heteroatoms. The van der Waals surface area contributed by atoms with E-state index in [4.69, 9.17) is 25.4 Å². The summed E-state index contributed by atoms with van der Waals surface area (Å²) in [5.41, 5.74) is 6.09. The van der Waals surface area contributed by atoms with Crippen LogP contribution in [0.1, 0.15) is 34.7 Å². The van der Waals surface area contributed by atoms with Gasteiger partial charge in [-0.1, -0.05) is 18.2 Å². The zero-order valence-corrected chi connectivity index (χ0v) is 17.9. The van der Waals surface area contributed by atoms with Crippen LogP contribution >= 0.6 is 17.0 Å². The van der Waals surface area contributed by atoms with Crippen LogP contribution in [0.25, 0.3) is 10.8 Å². The highest BCUT2D eigenvalue weighted by Crippen LogP contribution is 2.23. The second-order valence-corrected chi connectivity index (χ2v) is 6.46. The number of nitrogen functional groups attached to an aromatic ring is 1. The third-order valence-corrected chi connectivity index (χ3v) is 4.22. The first-order valence-corrected chi connectivity index (χ1v) is 8.99. The number of hydrogen-bond acceptors (Lipinski definition) is 6. The monoisotopic (exact) mass is 489 g/mol. The Morgan fingerprint density at radius 2 is 1.74 bits per heavy atom. The number of carboxylic acid groups (broad SMARTS) is 1. The Bertz CT molecular complexity index is 1140. The normalized spacial score (nSPS) is 10.2. The molecule has 0 unspecified atom stereocenters. The van der Waals surface area contributed by atoms with Gasteiger partial charge in [0.2, 0.25) is 11.7 Å². The molecule has 31 heavy (non-hydrogen) atoms. The first-order chi connectivity index (χ1) is 14.3. The van der Waals surface area contributed by atoms with Gasteiger partial charge in [0.1, 0.15) is 17.3 Å². The molecule has 9 nitrogen and oxygen atoms in total. The highest BCUT2D eigenvalue weighted by atomic mass is 79.9. The summed E-state index contributed by atoms with van der Waals surface area (Å²) in [6, 6.07) is 13.3. The van der Waals surface area contributed by atoms with Crippen LogP contribution in [0, 0.1) is 5.41 Å². The zero-order valence-electron chi connectivity index (χ0n) is 16.2. The van der Waals surface area contributed by atoms with Crippen LogP contribution in [0.3, 0.4) is 0 Å². The van der Waals surface area contributed by atoms with Gasteiger partial charge in [-0.05, 0) is 41.1 Å². The summed E-state index contributed by atoms with van der Waals surface area (Å²) in [6.45, 7) is 0.0280. The minimum Gasteiger partial charge on any atom is -0.481 e. The highest BCUT2D eigenvalue weighted by molar-refractivity contribution is 8.93. The van der Waals surface area contributed by atoms with Gasteiger partial charge in [0.15, 0.2) is 0 Å². The SMILES string of the molecule is Br.N=C(N)c1ccc2cc(OC(=O)c3ccc(CNC(=O)CCC(=O)O)o3)ccc2c1. The fraction of sp³-hybridized carbons (Fsp3) is 0.143. The van der Waals surface area contributed by atoms with Gasteiger partial charge in [-0.2, -0.15) is 0 Å². The second-order valence-electron chi connectivity index (χ2n) is 6.46. The van der Waals surface area contributed by atoms with E-state index < -0.39 is 17.8 Å². The fourth-order valence-electron chi connectivity index (χ4n) is 2.69. The minimum absolute atomic E-state index is 0. The maximum Gasteiger partial charge on any atom is 0.379 e. The average molecular weight is 490 g/mol. The summed E-state index contributed by atoms with van der Waals surface area (Å²) < 4.78 is 10.7. The van der Waals surface area contributed by atoms with Crippen LogP contribution in [0.15, 0.2) is 52.9 Å². The lowest BCUT2D eigenvalue weighted by molar-refractivity contribution is -0.138. The van der Waals surface area contributed by atoms with Crippen molar-refractivity contribution in [2.24, 2.45) is 5.73 Å². The number of furan rings is 1. The van der Waals surface area contributed by atoms with E-state index in [1.54, 1.807) is 36.4 Å². The number of nitrogens with two attached hydrogens (primary N) is 1. The number of carbonyl (C=O) groups excluding carboxylic acids is 2. The summed E-state index contributed by atoms with van der Waals surface area (Å²) in [6.07, 6.45) is -0.399. The molecule has 1 aromatic heterocycles. The molecule has 1 amide bonds. The molecule has 5 N–H and O–H groups in total. The van der Waals surface area contributed by atoms with E-state index in [1.165, 1.54) is 12.1 Å². The van der Waals surface area contributed by atoms with E-state index in [-0.39, 0.29) is 48.0 Å². The number of amides is 1. The number of carboxylic acids is 1. The van der Waals surface area contributed by atoms with E-state index >= 15 is 0 Å². The van der Waals surface area contributed by atoms with Crippen molar-refractivity contribution < 1.29 is 28.6 Å². The Morgan fingerprint density at radius 3 is 2.45 bits per heavy atom. The van der Waals surface area contributed by atoms with E-state index in [2.05, 4.69) is 5.32 Å². The van der Waals surface area contributed by atoms with Crippen molar-refractivity contribution in [2.45, 2.75) is 19.4 Å². The van der Waals surface area contributed by atoms with Crippen molar-refractivity contribution in [3.63, 3.8) is 0 Å². The number of fused-ring (bicyclic) bond motifs is 1. The van der Waals surface area contributed by atoms with Crippen molar-refractivity contribution in [1.82, 2.24) is 5.32 Å². The van der Waals surface area contributed by atoms with Crippen LogP contribution in [-0.2, 0) is 16.1 Å². The number of ether oxygens (including phenoxy) is 1. The van der Waals surface area contributed by atoms with Gasteiger partial charge in [-0.15, -0.1) is 17.0 Å². The van der Waals surface area contributed by atoms with Crippen molar-refractivity contribution >= 4 is 51.4 Å². The third kappa shape index (κ3) is 6.41. The van der Waals surface area contributed by atoms with E-state index in [9.17, 15) is 14.4 Å². The fourth-order valence-corrected chi connectivity index (χ4v) is 2.69. The average Bonchev–Trinajstić information content (AvgIpc) is 3.19. The van der Waals surface area contributed by atoms with E-state index in [0.29, 0.717) is 17.1 Å². The molecule has 1 heterocycles. The van der Waals surface area contributed by atoms with E-state index in [1.807, 2.05) is 0 Å². The number of rotatable bonds is 8. The molecule has 0 aliphatic heterocycles. The highest BCUT2D eigenvalue weighted by Gasteiger charge is 2.15. The van der Waals surface area contributed by atoms with E-state index in [0.717, 1.165) is 10.8 Å². The summed E-state index contributed by atoms with van der Waals surface area (Å²) in [5, 5.41) is 20.2. The van der Waals surface area contributed by atoms with Gasteiger partial charge < -0.3 is 25.3 Å². The predicted octanol–water partition coefficient (Wildman–Crippen LogP) is 2.99. The Morgan fingerprint density at radius 1 is 1.03 bits per heavy atom. The molecule has 3 rings (SSSR count). The van der Waals surface area contributed by atoms with Crippen LogP contribution in [-0.4, -0.2) is 28.8 Å². The number of benzene rings is 2. The number of halogens is 1. The molecular formula is C21H20BrN3O6. The molecule has 0 radical (unpaired) electrons. The molecule has 0 saturated heterocycles. The van der Waals surface area contributed by atoms with Gasteiger partial charge in [0.05, 0.1) is 13.0 Å². The topological polar surface area (TPSA) is 156 Å². The standard InChI is InChI=1S/C21H19N3O6.BrH/c22-20(23)14-2-1-13-10-15(4-3-12(13)9-14)30-21(28)17-6-5-16(29-17)11-24-18(25)7-8-19(26)27;/h1-6,9-10H,7-8,11H2,(H3,22,23)(H,24,25)(H,26,27);1H. The molecule has 0 bridgehead atoms. The van der Waals surface area contributed by atoms with Crippen LogP contribution in [0.2, 0.25) is 0 Å². The van der Waals surface area contributed by atoms with Crippen molar-refractivity contribution in [1.29, 1.82) is 5.41 Å². The molecule has 0 aliphatic carbocycles. The molecule has 0 saturated carbocycles. The second kappa shape index (κ2) is 10.4. The molecule has 0 atom stereocenters. The van der Waals surface area contributed by atoms with Crippen molar-refractivity contribution in [2.75, 3.05) is 0 Å². The quantitative estimate of drug-likeness (QED) is 0.164. The van der Waals surface area contributed by atoms with Gasteiger partial charge in [-0.25, -0.2) is 4.79 Å². The number of esters is 1. The molecule has 2 aromatic carbocycles. The van der Waals surface area contributed by atoms with Crippen LogP contribution in [0.4, 0.5) is 0 Å². The van der Waals surface area contributed by atoms with Gasteiger partial charge in [0.25, 0.3) is 0 Å². The lowest BCUT2D eigenvalue weighted by Crippen LogP contribution is -2.23. The Kier molecular flexibility index (Phi) is 7.92. The lowest BCUT2D eigenvalue weighted by atomic mass is 10.1. The summed E-state index contributed by atoms with van der Waals surface area (Å²) in [7, 11) is 0. The molecule has 0 aliphatic rings. The van der Waals surface area contributed by atoms with Gasteiger partial charge >= 0.3 is 11.9 Å². The van der Waals surface area contributed by atoms with Gasteiger partial charge in [0, 0.05) is 12.0 Å². The maximum atomic E-state index is 12.3. The summed E-state index contributed by atoms with van der Waals surface area (Å²) in [4.78, 5) is 34.3. The maximum absolute atomic E-state index is 12.3. The molecule has 0 spiro atoms. The number of amidine groups is 1. The van der Waals surface area contributed by atoms with Gasteiger partial charge in [-0.3, -0.25) is 15.0 Å². The zero-order chi connectivity index (χ0) is 21.7. The van der Waals surface area contributed by atoms with Crippen LogP contribution in [0.5, 0.6) is 5.75 Å². The first kappa shape index (κ1) is 23.6. The lowest BCUT2D eigenvalue weighted by Gasteiger charge is -2.06. The van der Waals surface area contributed by atoms with Crippen molar-refractivity contribution in [3.05, 3.63) is 65.6 Å². The first-order valence-electron chi connectivity index (χ1n) is 8.99. The molecule has 0 fully saturated rings. The number of carbonyl (C=O) groups is 3. The minimum atomic E-state index is -1.05. The number of aliphatic carboxylic acids is 1. The summed E-state index contributed by atoms with van der Waals surface area (Å²) in [5.74, 6) is -1.58. The molecular weight excluding hydrogens is 470 g/mol. The van der Waals surface area contributed by atoms with Crippen LogP contribution < -0.4 is 15.8 Å². The Hall–Kier alpha value is -3.66. The predicted molar refractivity (Wildman–Crippen MR) is 118 cm³/mol. The smallest absolute Gasteiger partial charge is 0.379 e. The third-order valence-electron chi connectivity index (χ3n) is 4.22. The molecule has 162 valence electrons. The number of nitrogens with one attached hydrogen (secondary N) is 2. The molecule has 3 aromatic rings. The Labute approximate surface area is 187 Å². The Balaban J connectivity index is 0.00000341. The number of hydrogen-bond donors (Lipinski definition) is 4. The van der Waals surface area contributed by atoms with Crippen molar-refractivity contribution in [3.8, 4) is 5.75 Å². The largest absolute Gasteiger partial charge is 0.481 e. The summed E-state index contributed by atoms with van der Waals surface area (Å²) >= 11 is 0.